The molecule has 1 N–H and O–H groups in total. The quantitative estimate of drug-likeness (QED) is 0.860. The maximum absolute atomic E-state index is 12.2. The van der Waals surface area contributed by atoms with Crippen LogP contribution in [0.15, 0.2) is 24.3 Å². The predicted molar refractivity (Wildman–Crippen MR) is 102 cm³/mol. The molecule has 2 aliphatic rings. The normalized spacial score (nSPS) is 22.0. The number of carbonyl (C=O) groups excluding carboxylic acids is 1. The van der Waals surface area contributed by atoms with E-state index in [1.54, 1.807) is 0 Å². The molecule has 2 fully saturated rings. The molecule has 1 aromatic rings. The summed E-state index contributed by atoms with van der Waals surface area (Å²) in [5.41, 5.74) is 2.11. The molecular weight excluding hydrogens is 314 g/mol. The molecule has 1 aromatic carbocycles. The van der Waals surface area contributed by atoms with Gasteiger partial charge in [0.05, 0.1) is 12.5 Å². The number of piperazine rings is 1. The van der Waals surface area contributed by atoms with Crippen LogP contribution in [0.3, 0.4) is 0 Å². The lowest BCUT2D eigenvalue weighted by atomic mass is 10.1. The molecule has 1 atom stereocenters. The summed E-state index contributed by atoms with van der Waals surface area (Å²) < 4.78 is 5.64. The van der Waals surface area contributed by atoms with E-state index in [0.717, 1.165) is 57.7 Å². The number of amides is 1. The largest absolute Gasteiger partial charge is 0.378 e. The standard InChI is InChI=1S/C20H31N3O2/c1-2-10-22-11-13-23(14-12-22)18-8-6-17(7-9-18)21-20(24)16-19-5-3-4-15-25-19/h6-9,19H,2-5,10-16H2,1H3,(H,21,24). The average Bonchev–Trinajstić information content (AvgIpc) is 2.64. The molecule has 0 saturated carbocycles. The van der Waals surface area contributed by atoms with E-state index in [1.807, 2.05) is 12.1 Å². The minimum Gasteiger partial charge on any atom is -0.378 e. The third-order valence-corrected chi connectivity index (χ3v) is 5.12. The van der Waals surface area contributed by atoms with Gasteiger partial charge in [-0.25, -0.2) is 0 Å². The lowest BCUT2D eigenvalue weighted by molar-refractivity contribution is -0.119. The van der Waals surface area contributed by atoms with E-state index < -0.39 is 0 Å². The van der Waals surface area contributed by atoms with Crippen molar-refractivity contribution < 1.29 is 9.53 Å². The van der Waals surface area contributed by atoms with E-state index in [0.29, 0.717) is 6.42 Å². The molecule has 25 heavy (non-hydrogen) atoms. The van der Waals surface area contributed by atoms with Gasteiger partial charge in [-0.05, 0) is 56.5 Å². The molecule has 2 aliphatic heterocycles. The molecule has 0 radical (unpaired) electrons. The Labute approximate surface area is 151 Å². The van der Waals surface area contributed by atoms with Crippen LogP contribution in [0.1, 0.15) is 39.0 Å². The van der Waals surface area contributed by atoms with E-state index in [-0.39, 0.29) is 12.0 Å². The molecule has 3 rings (SSSR count). The second-order valence-electron chi connectivity index (χ2n) is 7.12. The molecule has 1 unspecified atom stereocenters. The summed E-state index contributed by atoms with van der Waals surface area (Å²) in [5.74, 6) is 0.0489. The van der Waals surface area contributed by atoms with Crippen LogP contribution in [-0.2, 0) is 9.53 Å². The molecule has 138 valence electrons. The molecule has 0 bridgehead atoms. The summed E-state index contributed by atoms with van der Waals surface area (Å²) in [6.07, 6.45) is 5.05. The fourth-order valence-electron chi connectivity index (χ4n) is 3.69. The zero-order valence-electron chi connectivity index (χ0n) is 15.4. The zero-order valence-corrected chi connectivity index (χ0v) is 15.4. The Kier molecular flexibility index (Phi) is 6.70. The second-order valence-corrected chi connectivity index (χ2v) is 7.12. The van der Waals surface area contributed by atoms with Gasteiger partial charge < -0.3 is 15.0 Å². The van der Waals surface area contributed by atoms with Gasteiger partial charge in [0.2, 0.25) is 5.91 Å². The topological polar surface area (TPSA) is 44.8 Å². The Bertz CT molecular complexity index is 532. The van der Waals surface area contributed by atoms with Crippen LogP contribution in [-0.4, -0.2) is 56.2 Å². The summed E-state index contributed by atoms with van der Waals surface area (Å²) in [7, 11) is 0. The molecule has 0 aliphatic carbocycles. The number of rotatable bonds is 6. The molecule has 1 amide bonds. The van der Waals surface area contributed by atoms with Crippen molar-refractivity contribution in [2.75, 3.05) is 49.5 Å². The Hall–Kier alpha value is -1.59. The fraction of sp³-hybridized carbons (Fsp3) is 0.650. The first-order valence-electron chi connectivity index (χ1n) is 9.73. The number of hydrogen-bond acceptors (Lipinski definition) is 4. The van der Waals surface area contributed by atoms with Gasteiger partial charge in [-0.3, -0.25) is 9.69 Å². The van der Waals surface area contributed by atoms with Gasteiger partial charge in [-0.2, -0.15) is 0 Å². The summed E-state index contributed by atoms with van der Waals surface area (Å²) in [6.45, 7) is 8.64. The minimum absolute atomic E-state index is 0.0489. The highest BCUT2D eigenvalue weighted by molar-refractivity contribution is 5.91. The monoisotopic (exact) mass is 345 g/mol. The van der Waals surface area contributed by atoms with Crippen LogP contribution in [0.4, 0.5) is 11.4 Å². The van der Waals surface area contributed by atoms with Crippen molar-refractivity contribution in [2.45, 2.75) is 45.1 Å². The van der Waals surface area contributed by atoms with Crippen molar-refractivity contribution in [3.8, 4) is 0 Å². The van der Waals surface area contributed by atoms with E-state index in [2.05, 4.69) is 34.2 Å². The smallest absolute Gasteiger partial charge is 0.226 e. The molecule has 5 heteroatoms. The van der Waals surface area contributed by atoms with Crippen LogP contribution in [0.25, 0.3) is 0 Å². The van der Waals surface area contributed by atoms with Crippen LogP contribution in [0.2, 0.25) is 0 Å². The lowest BCUT2D eigenvalue weighted by Crippen LogP contribution is -2.46. The van der Waals surface area contributed by atoms with Crippen molar-refractivity contribution in [1.29, 1.82) is 0 Å². The maximum Gasteiger partial charge on any atom is 0.226 e. The van der Waals surface area contributed by atoms with Crippen LogP contribution in [0.5, 0.6) is 0 Å². The summed E-state index contributed by atoms with van der Waals surface area (Å²) in [6, 6.07) is 8.24. The minimum atomic E-state index is 0.0489. The summed E-state index contributed by atoms with van der Waals surface area (Å²) in [5, 5.41) is 3.00. The Morgan fingerprint density at radius 3 is 2.56 bits per heavy atom. The third-order valence-electron chi connectivity index (χ3n) is 5.12. The number of carbonyl (C=O) groups is 1. The van der Waals surface area contributed by atoms with Gasteiger partial charge in [0.25, 0.3) is 0 Å². The maximum atomic E-state index is 12.2. The molecule has 0 aromatic heterocycles. The number of ether oxygens (including phenoxy) is 1. The third kappa shape index (κ3) is 5.44. The van der Waals surface area contributed by atoms with Crippen molar-refractivity contribution in [3.63, 3.8) is 0 Å². The fourth-order valence-corrected chi connectivity index (χ4v) is 3.69. The average molecular weight is 345 g/mol. The van der Waals surface area contributed by atoms with Gasteiger partial charge in [0, 0.05) is 44.2 Å². The van der Waals surface area contributed by atoms with Crippen LogP contribution in [0, 0.1) is 0 Å². The van der Waals surface area contributed by atoms with E-state index in [9.17, 15) is 4.79 Å². The number of anilines is 2. The van der Waals surface area contributed by atoms with Crippen LogP contribution < -0.4 is 10.2 Å². The van der Waals surface area contributed by atoms with Crippen molar-refractivity contribution >= 4 is 17.3 Å². The number of nitrogens with zero attached hydrogens (tertiary/aromatic N) is 2. The highest BCUT2D eigenvalue weighted by Crippen LogP contribution is 2.21. The van der Waals surface area contributed by atoms with Crippen molar-refractivity contribution in [2.24, 2.45) is 0 Å². The van der Waals surface area contributed by atoms with Crippen molar-refractivity contribution in [1.82, 2.24) is 4.90 Å². The van der Waals surface area contributed by atoms with Gasteiger partial charge >= 0.3 is 0 Å². The molecule has 2 saturated heterocycles. The zero-order chi connectivity index (χ0) is 17.5. The number of hydrogen-bond donors (Lipinski definition) is 1. The molecular formula is C20H31N3O2. The number of benzene rings is 1. The van der Waals surface area contributed by atoms with E-state index >= 15 is 0 Å². The molecule has 0 spiro atoms. The van der Waals surface area contributed by atoms with Gasteiger partial charge in [-0.1, -0.05) is 6.92 Å². The molecule has 2 heterocycles. The van der Waals surface area contributed by atoms with Gasteiger partial charge in [0.1, 0.15) is 0 Å². The number of nitrogens with one attached hydrogen (secondary N) is 1. The Morgan fingerprint density at radius 1 is 1.16 bits per heavy atom. The first-order valence-corrected chi connectivity index (χ1v) is 9.73. The Morgan fingerprint density at radius 2 is 1.92 bits per heavy atom. The van der Waals surface area contributed by atoms with Crippen molar-refractivity contribution in [3.05, 3.63) is 24.3 Å². The van der Waals surface area contributed by atoms with E-state index in [1.165, 1.54) is 18.7 Å². The van der Waals surface area contributed by atoms with E-state index in [4.69, 9.17) is 4.74 Å². The summed E-state index contributed by atoms with van der Waals surface area (Å²) >= 11 is 0. The Balaban J connectivity index is 1.46. The molecule has 5 nitrogen and oxygen atoms in total. The van der Waals surface area contributed by atoms with Gasteiger partial charge in [-0.15, -0.1) is 0 Å². The SMILES string of the molecule is CCCN1CCN(c2ccc(NC(=O)CC3CCCCO3)cc2)CC1. The van der Waals surface area contributed by atoms with Crippen LogP contribution >= 0.6 is 0 Å². The first-order chi connectivity index (χ1) is 12.2. The highest BCUT2D eigenvalue weighted by Gasteiger charge is 2.18. The van der Waals surface area contributed by atoms with Gasteiger partial charge in [0.15, 0.2) is 0 Å². The lowest BCUT2D eigenvalue weighted by Gasteiger charge is -2.36. The first kappa shape index (κ1) is 18.2. The predicted octanol–water partition coefficient (Wildman–Crippen LogP) is 3.12. The highest BCUT2D eigenvalue weighted by atomic mass is 16.5. The second kappa shape index (κ2) is 9.20. The summed E-state index contributed by atoms with van der Waals surface area (Å²) in [4.78, 5) is 17.1.